The maximum atomic E-state index is 9.20. The summed E-state index contributed by atoms with van der Waals surface area (Å²) in [5.74, 6) is 0. The van der Waals surface area contributed by atoms with Gasteiger partial charge in [-0.2, -0.15) is 0 Å². The maximum Gasteiger partial charge on any atom is 1.00 e. The summed E-state index contributed by atoms with van der Waals surface area (Å²) in [6.45, 7) is -0.470. The van der Waals surface area contributed by atoms with Crippen LogP contribution in [0, 0.1) is 0 Å². The Hall–Kier alpha value is 1.40. The summed E-state index contributed by atoms with van der Waals surface area (Å²) < 4.78 is 4.70. The van der Waals surface area contributed by atoms with Gasteiger partial charge in [0.15, 0.2) is 6.29 Å². The summed E-state index contributed by atoms with van der Waals surface area (Å²) in [5, 5.41) is 36.1. The molecule has 1 aliphatic heterocycles. The van der Waals surface area contributed by atoms with Crippen LogP contribution in [0.5, 0.6) is 0 Å². The second kappa shape index (κ2) is 6.08. The number of ether oxygens (including phenoxy) is 1. The molecule has 0 bridgehead atoms. The molecule has 0 unspecified atom stereocenters. The van der Waals surface area contributed by atoms with Crippen molar-refractivity contribution in [3.63, 3.8) is 0 Å². The molecular formula is C6H13KNO5+. The smallest absolute Gasteiger partial charge is 0.394 e. The van der Waals surface area contributed by atoms with Crippen molar-refractivity contribution in [1.82, 2.24) is 0 Å². The van der Waals surface area contributed by atoms with Crippen molar-refractivity contribution in [3.05, 3.63) is 0 Å². The molecule has 0 spiro atoms. The number of aliphatic hydroxyl groups is 4. The Balaban J connectivity index is 0.00000144. The van der Waals surface area contributed by atoms with Crippen LogP contribution in [0.2, 0.25) is 0 Å². The topological polar surface area (TPSA) is 116 Å². The van der Waals surface area contributed by atoms with E-state index in [1.807, 2.05) is 0 Å². The van der Waals surface area contributed by atoms with E-state index in [0.29, 0.717) is 0 Å². The van der Waals surface area contributed by atoms with E-state index in [-0.39, 0.29) is 51.4 Å². The predicted octanol–water partition coefficient (Wildman–Crippen LogP) is -6.25. The molecule has 0 aromatic heterocycles. The van der Waals surface area contributed by atoms with Gasteiger partial charge in [-0.15, -0.1) is 0 Å². The van der Waals surface area contributed by atoms with Crippen LogP contribution in [0.25, 0.3) is 0 Å². The molecule has 0 saturated carbocycles. The Kier molecular flexibility index (Phi) is 6.74. The molecule has 1 rings (SSSR count). The fraction of sp³-hybridized carbons (Fsp3) is 1.00. The number of hydrogen-bond donors (Lipinski definition) is 5. The average molecular weight is 218 g/mol. The van der Waals surface area contributed by atoms with Crippen LogP contribution >= 0.6 is 0 Å². The minimum Gasteiger partial charge on any atom is -0.394 e. The van der Waals surface area contributed by atoms with Crippen LogP contribution in [0.3, 0.4) is 0 Å². The molecule has 7 heteroatoms. The van der Waals surface area contributed by atoms with E-state index >= 15 is 0 Å². The van der Waals surface area contributed by atoms with Crippen molar-refractivity contribution in [2.75, 3.05) is 6.61 Å². The minimum absolute atomic E-state index is 0. The van der Waals surface area contributed by atoms with E-state index in [4.69, 9.17) is 20.7 Å². The van der Waals surface area contributed by atoms with Crippen LogP contribution in [0.4, 0.5) is 0 Å². The van der Waals surface area contributed by atoms with Gasteiger partial charge in [0, 0.05) is 0 Å². The second-order valence-electron chi connectivity index (χ2n) is 2.81. The second-order valence-corrected chi connectivity index (χ2v) is 2.81. The maximum absolute atomic E-state index is 9.20. The van der Waals surface area contributed by atoms with Gasteiger partial charge in [0.2, 0.25) is 0 Å². The van der Waals surface area contributed by atoms with E-state index in [0.717, 1.165) is 0 Å². The first kappa shape index (κ1) is 14.4. The van der Waals surface area contributed by atoms with Crippen molar-refractivity contribution in [3.8, 4) is 0 Å². The molecule has 1 saturated heterocycles. The normalized spacial score (nSPS) is 45.5. The van der Waals surface area contributed by atoms with E-state index in [9.17, 15) is 10.2 Å². The molecule has 0 radical (unpaired) electrons. The summed E-state index contributed by atoms with van der Waals surface area (Å²) in [6.07, 6.45) is -4.85. The Morgan fingerprint density at radius 2 is 1.69 bits per heavy atom. The summed E-state index contributed by atoms with van der Waals surface area (Å²) in [6, 6.07) is -1.04. The third-order valence-electron chi connectivity index (χ3n) is 1.95. The van der Waals surface area contributed by atoms with E-state index < -0.39 is 37.3 Å². The van der Waals surface area contributed by atoms with Crippen molar-refractivity contribution >= 4 is 0 Å². The molecule has 1 aliphatic rings. The van der Waals surface area contributed by atoms with Crippen molar-refractivity contribution in [1.29, 1.82) is 0 Å². The molecule has 0 aromatic rings. The molecular weight excluding hydrogens is 205 g/mol. The number of rotatable bonds is 1. The minimum atomic E-state index is -1.35. The van der Waals surface area contributed by atoms with Gasteiger partial charge in [0.05, 0.1) is 12.6 Å². The van der Waals surface area contributed by atoms with Crippen molar-refractivity contribution in [2.45, 2.75) is 30.6 Å². The molecule has 72 valence electrons. The SMILES string of the molecule is N[C@@H]1[C@@H](O)[C@H](O)[C@@H](CO)O[C@H]1O.[K+]. The van der Waals surface area contributed by atoms with Crippen LogP contribution in [-0.4, -0.2) is 57.7 Å². The predicted molar refractivity (Wildman–Crippen MR) is 38.0 cm³/mol. The summed E-state index contributed by atoms with van der Waals surface area (Å²) in [4.78, 5) is 0. The van der Waals surface area contributed by atoms with Gasteiger partial charge in [-0.3, -0.25) is 0 Å². The van der Waals surface area contributed by atoms with Crippen LogP contribution in [-0.2, 0) is 4.74 Å². The van der Waals surface area contributed by atoms with Crippen LogP contribution in [0.1, 0.15) is 0 Å². The van der Waals surface area contributed by atoms with Crippen LogP contribution < -0.4 is 57.1 Å². The molecule has 0 amide bonds. The summed E-state index contributed by atoms with van der Waals surface area (Å²) >= 11 is 0. The van der Waals surface area contributed by atoms with Crippen molar-refractivity contribution in [2.24, 2.45) is 5.73 Å². The molecule has 1 heterocycles. The summed E-state index contributed by atoms with van der Waals surface area (Å²) in [7, 11) is 0. The first-order valence-electron chi connectivity index (χ1n) is 3.64. The van der Waals surface area contributed by atoms with Gasteiger partial charge >= 0.3 is 51.4 Å². The molecule has 5 atom stereocenters. The molecule has 13 heavy (non-hydrogen) atoms. The Morgan fingerprint density at radius 3 is 2.15 bits per heavy atom. The standard InChI is InChI=1S/C6H13NO5.K/c7-3-5(10)4(9)2(1-8)12-6(3)11;/h2-6,8-11H,1,7H2;/q;+1/t2-,3-,4-,5-,6-;/m1./s1. The zero-order chi connectivity index (χ0) is 9.30. The first-order valence-corrected chi connectivity index (χ1v) is 3.64. The van der Waals surface area contributed by atoms with Gasteiger partial charge in [0.1, 0.15) is 18.3 Å². The van der Waals surface area contributed by atoms with Gasteiger partial charge in [0.25, 0.3) is 0 Å². The van der Waals surface area contributed by atoms with E-state index in [1.165, 1.54) is 0 Å². The molecule has 6 N–H and O–H groups in total. The molecule has 0 aliphatic carbocycles. The van der Waals surface area contributed by atoms with Gasteiger partial charge < -0.3 is 30.9 Å². The van der Waals surface area contributed by atoms with E-state index in [2.05, 4.69) is 0 Å². The first-order chi connectivity index (χ1) is 5.57. The zero-order valence-electron chi connectivity index (χ0n) is 7.37. The van der Waals surface area contributed by atoms with Gasteiger partial charge in [-0.05, 0) is 0 Å². The largest absolute Gasteiger partial charge is 1.00 e. The van der Waals surface area contributed by atoms with E-state index in [1.54, 1.807) is 0 Å². The molecule has 0 aromatic carbocycles. The number of hydrogen-bond acceptors (Lipinski definition) is 6. The monoisotopic (exact) mass is 218 g/mol. The van der Waals surface area contributed by atoms with Crippen molar-refractivity contribution < 1.29 is 76.5 Å². The average Bonchev–Trinajstić information content (AvgIpc) is 2.08. The molecule has 6 nitrogen and oxygen atoms in total. The third kappa shape index (κ3) is 3.18. The van der Waals surface area contributed by atoms with Gasteiger partial charge in [-0.25, -0.2) is 0 Å². The Bertz CT molecular complexity index is 155. The number of aliphatic hydroxyl groups excluding tert-OH is 4. The Morgan fingerprint density at radius 1 is 1.15 bits per heavy atom. The number of nitrogens with two attached hydrogens (primary N) is 1. The van der Waals surface area contributed by atoms with Gasteiger partial charge in [-0.1, -0.05) is 0 Å². The molecule has 1 fully saturated rings. The Labute approximate surface area is 118 Å². The third-order valence-corrected chi connectivity index (χ3v) is 1.95. The summed E-state index contributed by atoms with van der Waals surface area (Å²) in [5.41, 5.74) is 5.26. The zero-order valence-corrected chi connectivity index (χ0v) is 10.5. The fourth-order valence-corrected chi connectivity index (χ4v) is 1.12. The fourth-order valence-electron chi connectivity index (χ4n) is 1.12. The van der Waals surface area contributed by atoms with Crippen LogP contribution in [0.15, 0.2) is 0 Å². The quantitative estimate of drug-likeness (QED) is 0.280.